The van der Waals surface area contributed by atoms with Gasteiger partial charge in [-0.3, -0.25) is 4.79 Å². The summed E-state index contributed by atoms with van der Waals surface area (Å²) in [5.74, 6) is -0.201. The molecule has 0 aliphatic carbocycles. The standard InChI is InChI=1S/C14H14ClNO2S/c1-2-18-12(17)9-8-11-13(15)16-14(19-11)10-6-4-3-5-7-10/h3-7H,2,8-9H2,1H3. The summed E-state index contributed by atoms with van der Waals surface area (Å²) in [6.45, 7) is 2.20. The summed E-state index contributed by atoms with van der Waals surface area (Å²) < 4.78 is 4.90. The molecule has 2 rings (SSSR count). The third-order valence-corrected chi connectivity index (χ3v) is 4.12. The highest BCUT2D eigenvalue weighted by Crippen LogP contribution is 2.31. The molecule has 5 heteroatoms. The van der Waals surface area contributed by atoms with E-state index in [0.717, 1.165) is 15.4 Å². The molecule has 0 atom stereocenters. The minimum absolute atomic E-state index is 0.201. The lowest BCUT2D eigenvalue weighted by Crippen LogP contribution is -2.04. The molecular weight excluding hydrogens is 282 g/mol. The van der Waals surface area contributed by atoms with Crippen molar-refractivity contribution in [2.75, 3.05) is 6.61 Å². The molecule has 0 bridgehead atoms. The lowest BCUT2D eigenvalue weighted by Gasteiger charge is -1.99. The Morgan fingerprint density at radius 3 is 2.79 bits per heavy atom. The third-order valence-electron chi connectivity index (χ3n) is 2.53. The number of thiazole rings is 1. The van der Waals surface area contributed by atoms with Gasteiger partial charge in [-0.15, -0.1) is 11.3 Å². The van der Waals surface area contributed by atoms with Gasteiger partial charge in [0, 0.05) is 10.4 Å². The van der Waals surface area contributed by atoms with Crippen molar-refractivity contribution in [3.63, 3.8) is 0 Å². The maximum absolute atomic E-state index is 11.3. The normalized spacial score (nSPS) is 10.4. The molecule has 0 N–H and O–H groups in total. The van der Waals surface area contributed by atoms with Crippen LogP contribution in [0.1, 0.15) is 18.2 Å². The van der Waals surface area contributed by atoms with Gasteiger partial charge >= 0.3 is 5.97 Å². The van der Waals surface area contributed by atoms with E-state index in [1.54, 1.807) is 6.92 Å². The fourth-order valence-corrected chi connectivity index (χ4v) is 2.94. The van der Waals surface area contributed by atoms with Crippen LogP contribution in [0.4, 0.5) is 0 Å². The largest absolute Gasteiger partial charge is 0.466 e. The minimum Gasteiger partial charge on any atom is -0.466 e. The van der Waals surface area contributed by atoms with Gasteiger partial charge in [-0.05, 0) is 13.3 Å². The van der Waals surface area contributed by atoms with Gasteiger partial charge in [0.05, 0.1) is 13.0 Å². The zero-order valence-electron chi connectivity index (χ0n) is 10.6. The molecule has 0 radical (unpaired) electrons. The molecule has 19 heavy (non-hydrogen) atoms. The first-order valence-corrected chi connectivity index (χ1v) is 7.26. The predicted molar refractivity (Wildman–Crippen MR) is 77.5 cm³/mol. The molecular formula is C14H14ClNO2S. The molecule has 0 saturated carbocycles. The number of halogens is 1. The van der Waals surface area contributed by atoms with Gasteiger partial charge < -0.3 is 4.74 Å². The van der Waals surface area contributed by atoms with Gasteiger partial charge in [0.1, 0.15) is 10.2 Å². The Hall–Kier alpha value is -1.39. The summed E-state index contributed by atoms with van der Waals surface area (Å²) in [5.41, 5.74) is 1.04. The number of nitrogens with zero attached hydrogens (tertiary/aromatic N) is 1. The first-order chi connectivity index (χ1) is 9.20. The van der Waals surface area contributed by atoms with Crippen molar-refractivity contribution in [2.24, 2.45) is 0 Å². The van der Waals surface area contributed by atoms with E-state index in [9.17, 15) is 4.79 Å². The first-order valence-electron chi connectivity index (χ1n) is 6.07. The van der Waals surface area contributed by atoms with Crippen LogP contribution in [0.3, 0.4) is 0 Å². The van der Waals surface area contributed by atoms with Crippen LogP contribution in [0.25, 0.3) is 10.6 Å². The lowest BCUT2D eigenvalue weighted by atomic mass is 10.2. The van der Waals surface area contributed by atoms with Gasteiger partial charge in [0.25, 0.3) is 0 Å². The number of carbonyl (C=O) groups is 1. The highest BCUT2D eigenvalue weighted by atomic mass is 35.5. The number of carbonyl (C=O) groups excluding carboxylic acids is 1. The van der Waals surface area contributed by atoms with Crippen LogP contribution in [0.2, 0.25) is 5.15 Å². The maximum atomic E-state index is 11.3. The molecule has 0 aliphatic rings. The number of hydrogen-bond donors (Lipinski definition) is 0. The van der Waals surface area contributed by atoms with Crippen molar-refractivity contribution < 1.29 is 9.53 Å². The Morgan fingerprint density at radius 1 is 1.37 bits per heavy atom. The van der Waals surface area contributed by atoms with Crippen LogP contribution >= 0.6 is 22.9 Å². The SMILES string of the molecule is CCOC(=O)CCc1sc(-c2ccccc2)nc1Cl. The number of benzene rings is 1. The van der Waals surface area contributed by atoms with E-state index in [4.69, 9.17) is 16.3 Å². The number of aromatic nitrogens is 1. The summed E-state index contributed by atoms with van der Waals surface area (Å²) >= 11 is 7.62. The van der Waals surface area contributed by atoms with Gasteiger partial charge in [0.2, 0.25) is 0 Å². The molecule has 1 aromatic heterocycles. The summed E-state index contributed by atoms with van der Waals surface area (Å²) in [6, 6.07) is 9.86. The second-order valence-electron chi connectivity index (χ2n) is 3.90. The van der Waals surface area contributed by atoms with Crippen LogP contribution in [-0.4, -0.2) is 17.6 Å². The van der Waals surface area contributed by atoms with Crippen molar-refractivity contribution in [1.29, 1.82) is 0 Å². The van der Waals surface area contributed by atoms with Gasteiger partial charge in [-0.25, -0.2) is 4.98 Å². The molecule has 0 amide bonds. The van der Waals surface area contributed by atoms with E-state index in [2.05, 4.69) is 4.98 Å². The lowest BCUT2D eigenvalue weighted by molar-refractivity contribution is -0.143. The fraction of sp³-hybridized carbons (Fsp3) is 0.286. The topological polar surface area (TPSA) is 39.2 Å². The second kappa shape index (κ2) is 6.68. The third kappa shape index (κ3) is 3.78. The average Bonchev–Trinajstić information content (AvgIpc) is 2.79. The second-order valence-corrected chi connectivity index (χ2v) is 5.35. The summed E-state index contributed by atoms with van der Waals surface area (Å²) in [6.07, 6.45) is 0.909. The Balaban J connectivity index is 2.07. The van der Waals surface area contributed by atoms with E-state index < -0.39 is 0 Å². The zero-order valence-corrected chi connectivity index (χ0v) is 12.1. The summed E-state index contributed by atoms with van der Waals surface area (Å²) in [4.78, 5) is 16.6. The van der Waals surface area contributed by atoms with Crippen LogP contribution in [0.5, 0.6) is 0 Å². The Kier molecular flexibility index (Phi) is 4.93. The van der Waals surface area contributed by atoms with Crippen LogP contribution in [-0.2, 0) is 16.0 Å². The van der Waals surface area contributed by atoms with Gasteiger partial charge in [-0.1, -0.05) is 41.9 Å². The predicted octanol–water partition coefficient (Wildman–Crippen LogP) is 3.96. The maximum Gasteiger partial charge on any atom is 0.306 e. The summed E-state index contributed by atoms with van der Waals surface area (Å²) in [7, 11) is 0. The number of rotatable bonds is 5. The van der Waals surface area contributed by atoms with Crippen LogP contribution < -0.4 is 0 Å². The number of esters is 1. The molecule has 100 valence electrons. The quantitative estimate of drug-likeness (QED) is 0.784. The number of aryl methyl sites for hydroxylation is 1. The average molecular weight is 296 g/mol. The zero-order chi connectivity index (χ0) is 13.7. The Morgan fingerprint density at radius 2 is 2.11 bits per heavy atom. The molecule has 0 unspecified atom stereocenters. The van der Waals surface area contributed by atoms with E-state index in [0.29, 0.717) is 24.6 Å². The highest BCUT2D eigenvalue weighted by molar-refractivity contribution is 7.15. The minimum atomic E-state index is -0.201. The van der Waals surface area contributed by atoms with Crippen molar-refractivity contribution in [3.05, 3.63) is 40.4 Å². The molecule has 0 saturated heterocycles. The highest BCUT2D eigenvalue weighted by Gasteiger charge is 2.12. The van der Waals surface area contributed by atoms with Crippen LogP contribution in [0, 0.1) is 0 Å². The van der Waals surface area contributed by atoms with Gasteiger partial charge in [0.15, 0.2) is 0 Å². The molecule has 0 aliphatic heterocycles. The van der Waals surface area contributed by atoms with E-state index in [1.165, 1.54) is 11.3 Å². The van der Waals surface area contributed by atoms with Crippen molar-refractivity contribution in [3.8, 4) is 10.6 Å². The van der Waals surface area contributed by atoms with Crippen molar-refractivity contribution in [2.45, 2.75) is 19.8 Å². The Bertz CT molecular complexity index is 554. The molecule has 1 aromatic carbocycles. The van der Waals surface area contributed by atoms with E-state index in [-0.39, 0.29) is 5.97 Å². The number of ether oxygens (including phenoxy) is 1. The number of hydrogen-bond acceptors (Lipinski definition) is 4. The monoisotopic (exact) mass is 295 g/mol. The molecule has 0 fully saturated rings. The fourth-order valence-electron chi connectivity index (χ4n) is 1.64. The molecule has 3 nitrogen and oxygen atoms in total. The van der Waals surface area contributed by atoms with Crippen LogP contribution in [0.15, 0.2) is 30.3 Å². The van der Waals surface area contributed by atoms with E-state index >= 15 is 0 Å². The first kappa shape index (κ1) is 14.0. The molecule has 1 heterocycles. The van der Waals surface area contributed by atoms with Crippen molar-refractivity contribution >= 4 is 28.9 Å². The van der Waals surface area contributed by atoms with E-state index in [1.807, 2.05) is 30.3 Å². The molecule has 2 aromatic rings. The van der Waals surface area contributed by atoms with Gasteiger partial charge in [-0.2, -0.15) is 0 Å². The Labute approximate surface area is 121 Å². The molecule has 0 spiro atoms. The summed E-state index contributed by atoms with van der Waals surface area (Å²) in [5, 5.41) is 1.36. The smallest absolute Gasteiger partial charge is 0.306 e. The van der Waals surface area contributed by atoms with Crippen molar-refractivity contribution in [1.82, 2.24) is 4.98 Å².